The van der Waals surface area contributed by atoms with Crippen LogP contribution < -0.4 is 15.4 Å². The van der Waals surface area contributed by atoms with Crippen molar-refractivity contribution >= 4 is 41.3 Å². The van der Waals surface area contributed by atoms with Crippen LogP contribution in [-0.4, -0.2) is 38.2 Å². The maximum absolute atomic E-state index is 12.5. The highest BCUT2D eigenvalue weighted by atomic mass is 127. The first-order valence-corrected chi connectivity index (χ1v) is 9.31. The Kier molecular flexibility index (Phi) is 10.0. The highest BCUT2D eigenvalue weighted by molar-refractivity contribution is 14.0. The van der Waals surface area contributed by atoms with Crippen LogP contribution in [0.15, 0.2) is 28.6 Å². The van der Waals surface area contributed by atoms with Crippen molar-refractivity contribution in [2.75, 3.05) is 27.2 Å². The lowest BCUT2D eigenvalue weighted by Crippen LogP contribution is -2.39. The molecule has 0 saturated carbocycles. The number of nitrogens with zero attached hydrogens (tertiary/aromatic N) is 2. The van der Waals surface area contributed by atoms with Crippen molar-refractivity contribution in [2.24, 2.45) is 4.99 Å². The molecule has 0 spiro atoms. The Morgan fingerprint density at radius 3 is 2.46 bits per heavy atom. The maximum Gasteiger partial charge on any atom is 0.434 e. The molecule has 0 bridgehead atoms. The van der Waals surface area contributed by atoms with Gasteiger partial charge in [-0.25, -0.2) is 4.98 Å². The molecule has 0 aliphatic carbocycles. The zero-order valence-corrected chi connectivity index (χ0v) is 19.0. The lowest BCUT2D eigenvalue weighted by atomic mass is 10.1. The predicted octanol–water partition coefficient (Wildman–Crippen LogP) is 4.05. The number of alkyl halides is 3. The molecule has 0 unspecified atom stereocenters. The molecule has 0 radical (unpaired) electrons. The van der Waals surface area contributed by atoms with Crippen molar-refractivity contribution in [1.29, 1.82) is 0 Å². The van der Waals surface area contributed by atoms with Crippen LogP contribution in [0, 0.1) is 6.92 Å². The van der Waals surface area contributed by atoms with Crippen molar-refractivity contribution in [3.8, 4) is 5.75 Å². The Morgan fingerprint density at radius 2 is 1.89 bits per heavy atom. The normalized spacial score (nSPS) is 11.7. The molecule has 0 saturated heterocycles. The second-order valence-corrected chi connectivity index (χ2v) is 6.80. The Bertz CT molecular complexity index is 780. The van der Waals surface area contributed by atoms with Gasteiger partial charge in [-0.15, -0.1) is 35.3 Å². The molecule has 0 fully saturated rings. The van der Waals surface area contributed by atoms with Crippen molar-refractivity contribution in [3.63, 3.8) is 0 Å². The average Bonchev–Trinajstić information content (AvgIpc) is 3.11. The minimum Gasteiger partial charge on any atom is -0.496 e. The lowest BCUT2D eigenvalue weighted by Gasteiger charge is -2.12. The predicted molar refractivity (Wildman–Crippen MR) is 117 cm³/mol. The molecule has 10 heteroatoms. The summed E-state index contributed by atoms with van der Waals surface area (Å²) >= 11 is 1.01. The van der Waals surface area contributed by atoms with Gasteiger partial charge in [0.25, 0.3) is 0 Å². The molecule has 1 aromatic carbocycles. The number of nitrogens with one attached hydrogen (secondary N) is 2. The van der Waals surface area contributed by atoms with Crippen molar-refractivity contribution in [2.45, 2.75) is 25.9 Å². The monoisotopic (exact) mass is 528 g/mol. The van der Waals surface area contributed by atoms with Crippen molar-refractivity contribution in [3.05, 3.63) is 45.4 Å². The van der Waals surface area contributed by atoms with E-state index in [9.17, 15) is 13.2 Å². The van der Waals surface area contributed by atoms with E-state index >= 15 is 0 Å². The summed E-state index contributed by atoms with van der Waals surface area (Å²) in [6.45, 7) is 3.11. The minimum atomic E-state index is -4.39. The Hall–Kier alpha value is -1.56. The Labute approximate surface area is 183 Å². The molecule has 0 aliphatic rings. The summed E-state index contributed by atoms with van der Waals surface area (Å²) in [5, 5.41) is 7.75. The van der Waals surface area contributed by atoms with Crippen LogP contribution in [0.1, 0.15) is 21.8 Å². The van der Waals surface area contributed by atoms with Gasteiger partial charge < -0.3 is 15.4 Å². The topological polar surface area (TPSA) is 58.5 Å². The smallest absolute Gasteiger partial charge is 0.434 e. The summed E-state index contributed by atoms with van der Waals surface area (Å²) < 4.78 is 43.0. The molecular formula is C18H24F3IN4OS. The van der Waals surface area contributed by atoms with Crippen LogP contribution in [0.3, 0.4) is 0 Å². The molecule has 1 heterocycles. The molecule has 1 aromatic heterocycles. The number of aliphatic imine (C=N–C) groups is 1. The fraction of sp³-hybridized carbons (Fsp3) is 0.444. The van der Waals surface area contributed by atoms with E-state index in [2.05, 4.69) is 26.7 Å². The fourth-order valence-corrected chi connectivity index (χ4v) is 3.21. The molecule has 5 nitrogen and oxygen atoms in total. The van der Waals surface area contributed by atoms with Crippen LogP contribution in [0.4, 0.5) is 13.2 Å². The van der Waals surface area contributed by atoms with Crippen molar-refractivity contribution < 1.29 is 17.9 Å². The van der Waals surface area contributed by atoms with Gasteiger partial charge in [0.05, 0.1) is 12.1 Å². The molecule has 0 amide bonds. The van der Waals surface area contributed by atoms with Gasteiger partial charge in [-0.05, 0) is 30.5 Å². The number of aryl methyl sites for hydroxylation is 1. The Balaban J connectivity index is 0.00000392. The zero-order valence-electron chi connectivity index (χ0n) is 15.9. The first-order chi connectivity index (χ1) is 12.8. The summed E-state index contributed by atoms with van der Waals surface area (Å²) in [5.41, 5.74) is 1.39. The molecular weight excluding hydrogens is 504 g/mol. The van der Waals surface area contributed by atoms with Gasteiger partial charge in [0, 0.05) is 31.9 Å². The van der Waals surface area contributed by atoms with Crippen molar-refractivity contribution in [1.82, 2.24) is 15.6 Å². The lowest BCUT2D eigenvalue weighted by molar-refractivity contribution is -0.140. The van der Waals surface area contributed by atoms with Gasteiger partial charge in [0.1, 0.15) is 5.75 Å². The number of guanidine groups is 1. The number of benzene rings is 1. The number of rotatable bonds is 7. The van der Waals surface area contributed by atoms with Gasteiger partial charge in [-0.3, -0.25) is 4.99 Å². The number of hydrogen-bond donors (Lipinski definition) is 2. The van der Waals surface area contributed by atoms with E-state index in [0.29, 0.717) is 30.5 Å². The minimum absolute atomic E-state index is 0. The molecule has 28 heavy (non-hydrogen) atoms. The number of hydrogen-bond acceptors (Lipinski definition) is 4. The maximum atomic E-state index is 12.5. The number of ether oxygens (including phenoxy) is 1. The zero-order chi connectivity index (χ0) is 19.9. The number of thiazole rings is 1. The number of aromatic nitrogens is 1. The third-order valence-electron chi connectivity index (χ3n) is 3.88. The first-order valence-electron chi connectivity index (χ1n) is 8.43. The molecule has 2 aromatic rings. The molecule has 0 atom stereocenters. The molecule has 0 aliphatic heterocycles. The second kappa shape index (κ2) is 11.4. The summed E-state index contributed by atoms with van der Waals surface area (Å²) in [4.78, 5) is 7.73. The first kappa shape index (κ1) is 24.5. The quantitative estimate of drug-likeness (QED) is 0.324. The van der Waals surface area contributed by atoms with Crippen LogP contribution >= 0.6 is 35.3 Å². The van der Waals surface area contributed by atoms with Crippen LogP contribution in [-0.2, 0) is 19.0 Å². The van der Waals surface area contributed by atoms with Gasteiger partial charge >= 0.3 is 6.18 Å². The van der Waals surface area contributed by atoms with Crippen LogP contribution in [0.2, 0.25) is 0 Å². The van der Waals surface area contributed by atoms with Gasteiger partial charge in [0.2, 0.25) is 0 Å². The van der Waals surface area contributed by atoms with E-state index in [0.717, 1.165) is 40.0 Å². The van der Waals surface area contributed by atoms with E-state index in [-0.39, 0.29) is 24.0 Å². The van der Waals surface area contributed by atoms with Gasteiger partial charge in [0.15, 0.2) is 11.7 Å². The standard InChI is InChI=1S/C18H23F3N4OS.HI/c1-12-4-5-13(10-14(12)26-3)6-8-23-17(22-2)24-9-7-16-25-15(11-27-16)18(19,20)21;/h4-5,10-11H,6-9H2,1-3H3,(H2,22,23,24);1H. The molecule has 156 valence electrons. The second-order valence-electron chi connectivity index (χ2n) is 5.85. The number of methoxy groups -OCH3 is 1. The number of halogens is 4. The van der Waals surface area contributed by atoms with E-state index in [1.165, 1.54) is 0 Å². The van der Waals surface area contributed by atoms with E-state index in [4.69, 9.17) is 4.74 Å². The largest absolute Gasteiger partial charge is 0.496 e. The SMILES string of the molecule is CN=C(NCCc1ccc(C)c(OC)c1)NCCc1nc(C(F)(F)F)cs1.I. The van der Waals surface area contributed by atoms with Gasteiger partial charge in [-0.1, -0.05) is 12.1 Å². The molecule has 2 rings (SSSR count). The van der Waals surface area contributed by atoms with E-state index < -0.39 is 11.9 Å². The highest BCUT2D eigenvalue weighted by Crippen LogP contribution is 2.30. The third kappa shape index (κ3) is 7.46. The third-order valence-corrected chi connectivity index (χ3v) is 4.78. The van der Waals surface area contributed by atoms with E-state index in [1.807, 2.05) is 19.1 Å². The summed E-state index contributed by atoms with van der Waals surface area (Å²) in [5.74, 6) is 1.46. The Morgan fingerprint density at radius 1 is 1.21 bits per heavy atom. The fourth-order valence-electron chi connectivity index (χ4n) is 2.41. The van der Waals surface area contributed by atoms with Gasteiger partial charge in [-0.2, -0.15) is 13.2 Å². The average molecular weight is 528 g/mol. The summed E-state index contributed by atoms with van der Waals surface area (Å²) in [7, 11) is 3.30. The van der Waals surface area contributed by atoms with Crippen LogP contribution in [0.25, 0.3) is 0 Å². The summed E-state index contributed by atoms with van der Waals surface area (Å²) in [6, 6.07) is 6.08. The van der Waals surface area contributed by atoms with Crippen LogP contribution in [0.5, 0.6) is 5.75 Å². The summed E-state index contributed by atoms with van der Waals surface area (Å²) in [6.07, 6.45) is -3.20. The highest BCUT2D eigenvalue weighted by Gasteiger charge is 2.33. The molecule has 2 N–H and O–H groups in total. The van der Waals surface area contributed by atoms with E-state index in [1.54, 1.807) is 14.2 Å².